The highest BCUT2D eigenvalue weighted by molar-refractivity contribution is 5.36. The molecule has 0 aromatic carbocycles. The molecule has 1 aromatic heterocycles. The maximum Gasteiger partial charge on any atom is 0.0415 e. The molecule has 1 nitrogen and oxygen atoms in total. The topological polar surface area (TPSA) is 12.9 Å². The Hall–Kier alpha value is -0.850. The van der Waals surface area contributed by atoms with Crippen LogP contribution < -0.4 is 0 Å². The van der Waals surface area contributed by atoms with E-state index in [1.165, 1.54) is 22.5 Å². The molecular formula is C16H27N. The number of aryl methyl sites for hydroxylation is 2. The van der Waals surface area contributed by atoms with Crippen molar-refractivity contribution in [3.63, 3.8) is 0 Å². The Balaban J connectivity index is 3.19. The van der Waals surface area contributed by atoms with Crippen molar-refractivity contribution in [2.45, 2.75) is 67.2 Å². The van der Waals surface area contributed by atoms with Gasteiger partial charge in [-0.15, -0.1) is 0 Å². The van der Waals surface area contributed by atoms with Crippen LogP contribution in [0, 0.1) is 19.3 Å². The SMILES string of the molecule is Cc1cc(CC(C)(C)C)nc(C)c1C(C)(C)C. The molecule has 0 amide bonds. The molecule has 0 bridgehead atoms. The van der Waals surface area contributed by atoms with Crippen LogP contribution >= 0.6 is 0 Å². The van der Waals surface area contributed by atoms with E-state index in [0.29, 0.717) is 5.41 Å². The van der Waals surface area contributed by atoms with Gasteiger partial charge < -0.3 is 0 Å². The summed E-state index contributed by atoms with van der Waals surface area (Å²) in [7, 11) is 0. The first-order valence-electron chi connectivity index (χ1n) is 6.48. The fourth-order valence-corrected chi connectivity index (χ4v) is 2.68. The first-order valence-corrected chi connectivity index (χ1v) is 6.48. The Morgan fingerprint density at radius 1 is 1.00 bits per heavy atom. The molecule has 0 radical (unpaired) electrons. The summed E-state index contributed by atoms with van der Waals surface area (Å²) in [6, 6.07) is 2.26. The molecule has 0 N–H and O–H groups in total. The zero-order valence-electron chi connectivity index (χ0n) is 12.7. The number of hydrogen-bond donors (Lipinski definition) is 0. The lowest BCUT2D eigenvalue weighted by Crippen LogP contribution is -2.18. The van der Waals surface area contributed by atoms with Gasteiger partial charge in [0.2, 0.25) is 0 Å². The van der Waals surface area contributed by atoms with Crippen LogP contribution in [0.5, 0.6) is 0 Å². The summed E-state index contributed by atoms with van der Waals surface area (Å²) in [6.45, 7) is 17.9. The summed E-state index contributed by atoms with van der Waals surface area (Å²) < 4.78 is 0. The van der Waals surface area contributed by atoms with Crippen LogP contribution in [0.3, 0.4) is 0 Å². The van der Waals surface area contributed by atoms with Crippen LogP contribution in [-0.4, -0.2) is 4.98 Å². The van der Waals surface area contributed by atoms with Gasteiger partial charge in [0, 0.05) is 11.4 Å². The lowest BCUT2D eigenvalue weighted by atomic mass is 9.82. The second-order valence-corrected chi connectivity index (χ2v) is 7.38. The van der Waals surface area contributed by atoms with Gasteiger partial charge in [-0.05, 0) is 48.3 Å². The third-order valence-electron chi connectivity index (χ3n) is 2.91. The van der Waals surface area contributed by atoms with Crippen LogP contribution in [0.15, 0.2) is 6.07 Å². The quantitative estimate of drug-likeness (QED) is 0.691. The Morgan fingerprint density at radius 2 is 1.53 bits per heavy atom. The summed E-state index contributed by atoms with van der Waals surface area (Å²) >= 11 is 0. The van der Waals surface area contributed by atoms with Gasteiger partial charge in [-0.25, -0.2) is 0 Å². The predicted octanol–water partition coefficient (Wildman–Crippen LogP) is 4.58. The molecule has 0 fully saturated rings. The Labute approximate surface area is 107 Å². The minimum Gasteiger partial charge on any atom is -0.258 e. The largest absolute Gasteiger partial charge is 0.258 e. The zero-order chi connectivity index (χ0) is 13.4. The van der Waals surface area contributed by atoms with E-state index < -0.39 is 0 Å². The fourth-order valence-electron chi connectivity index (χ4n) is 2.68. The average Bonchev–Trinajstić information content (AvgIpc) is 1.94. The van der Waals surface area contributed by atoms with E-state index in [1.54, 1.807) is 0 Å². The van der Waals surface area contributed by atoms with Gasteiger partial charge in [-0.2, -0.15) is 0 Å². The standard InChI is InChI=1S/C16H27N/c1-11-9-13(10-15(3,4)5)17-12(2)14(11)16(6,7)8/h9H,10H2,1-8H3. The smallest absolute Gasteiger partial charge is 0.0415 e. The zero-order valence-corrected chi connectivity index (χ0v) is 12.7. The molecule has 0 unspecified atom stereocenters. The molecule has 0 aliphatic heterocycles. The molecule has 0 saturated heterocycles. The molecular weight excluding hydrogens is 206 g/mol. The van der Waals surface area contributed by atoms with Crippen molar-refractivity contribution < 1.29 is 0 Å². The first kappa shape index (κ1) is 14.2. The normalized spacial score (nSPS) is 12.9. The van der Waals surface area contributed by atoms with Crippen molar-refractivity contribution in [2.75, 3.05) is 0 Å². The van der Waals surface area contributed by atoms with Gasteiger partial charge >= 0.3 is 0 Å². The van der Waals surface area contributed by atoms with Crippen LogP contribution in [0.4, 0.5) is 0 Å². The van der Waals surface area contributed by atoms with E-state index in [0.717, 1.165) is 6.42 Å². The second-order valence-electron chi connectivity index (χ2n) is 7.38. The molecule has 1 rings (SSSR count). The molecule has 0 saturated carbocycles. The number of nitrogens with zero attached hydrogens (tertiary/aromatic N) is 1. The van der Waals surface area contributed by atoms with Crippen LogP contribution in [0.1, 0.15) is 64.1 Å². The van der Waals surface area contributed by atoms with E-state index in [4.69, 9.17) is 4.98 Å². The van der Waals surface area contributed by atoms with Gasteiger partial charge in [-0.3, -0.25) is 4.98 Å². The molecule has 0 aliphatic carbocycles. The Bertz CT molecular complexity index is 380. The lowest BCUT2D eigenvalue weighted by Gasteiger charge is -2.25. The first-order chi connectivity index (χ1) is 7.50. The minimum absolute atomic E-state index is 0.182. The summed E-state index contributed by atoms with van der Waals surface area (Å²) in [5.41, 5.74) is 5.67. The number of aromatic nitrogens is 1. The van der Waals surface area contributed by atoms with E-state index >= 15 is 0 Å². The van der Waals surface area contributed by atoms with Crippen LogP contribution in [-0.2, 0) is 11.8 Å². The summed E-state index contributed by atoms with van der Waals surface area (Å²) in [5, 5.41) is 0. The van der Waals surface area contributed by atoms with Gasteiger partial charge in [0.25, 0.3) is 0 Å². The van der Waals surface area contributed by atoms with E-state index in [1.807, 2.05) is 0 Å². The van der Waals surface area contributed by atoms with Crippen molar-refractivity contribution >= 4 is 0 Å². The molecule has 0 aliphatic rings. The number of rotatable bonds is 1. The molecule has 1 heteroatoms. The summed E-state index contributed by atoms with van der Waals surface area (Å²) in [5.74, 6) is 0. The van der Waals surface area contributed by atoms with Gasteiger partial charge in [0.05, 0.1) is 0 Å². The van der Waals surface area contributed by atoms with Crippen molar-refractivity contribution in [1.82, 2.24) is 4.98 Å². The van der Waals surface area contributed by atoms with Crippen molar-refractivity contribution in [3.05, 3.63) is 28.6 Å². The van der Waals surface area contributed by atoms with Gasteiger partial charge in [0.1, 0.15) is 0 Å². The molecule has 0 atom stereocenters. The average molecular weight is 233 g/mol. The summed E-state index contributed by atoms with van der Waals surface area (Å²) in [4.78, 5) is 4.79. The second kappa shape index (κ2) is 4.44. The number of pyridine rings is 1. The van der Waals surface area contributed by atoms with Gasteiger partial charge in [-0.1, -0.05) is 41.5 Å². The van der Waals surface area contributed by atoms with E-state index in [-0.39, 0.29) is 5.41 Å². The third kappa shape index (κ3) is 3.83. The van der Waals surface area contributed by atoms with E-state index in [2.05, 4.69) is 61.5 Å². The van der Waals surface area contributed by atoms with Gasteiger partial charge in [0.15, 0.2) is 0 Å². The van der Waals surface area contributed by atoms with Crippen molar-refractivity contribution in [1.29, 1.82) is 0 Å². The van der Waals surface area contributed by atoms with Crippen molar-refractivity contribution in [2.24, 2.45) is 5.41 Å². The molecule has 96 valence electrons. The van der Waals surface area contributed by atoms with E-state index in [9.17, 15) is 0 Å². The highest BCUT2D eigenvalue weighted by atomic mass is 14.7. The van der Waals surface area contributed by atoms with Crippen LogP contribution in [0.25, 0.3) is 0 Å². The fraction of sp³-hybridized carbons (Fsp3) is 0.688. The Morgan fingerprint density at radius 3 is 1.88 bits per heavy atom. The Kier molecular flexibility index (Phi) is 3.71. The lowest BCUT2D eigenvalue weighted by molar-refractivity contribution is 0.405. The maximum atomic E-state index is 4.79. The predicted molar refractivity (Wildman–Crippen MR) is 75.6 cm³/mol. The van der Waals surface area contributed by atoms with Crippen LogP contribution in [0.2, 0.25) is 0 Å². The molecule has 1 aromatic rings. The van der Waals surface area contributed by atoms with Crippen molar-refractivity contribution in [3.8, 4) is 0 Å². The highest BCUT2D eigenvalue weighted by Gasteiger charge is 2.21. The number of hydrogen-bond acceptors (Lipinski definition) is 1. The summed E-state index contributed by atoms with van der Waals surface area (Å²) in [6.07, 6.45) is 1.04. The monoisotopic (exact) mass is 233 g/mol. The minimum atomic E-state index is 0.182. The molecule has 1 heterocycles. The third-order valence-corrected chi connectivity index (χ3v) is 2.91. The molecule has 17 heavy (non-hydrogen) atoms. The highest BCUT2D eigenvalue weighted by Crippen LogP contribution is 2.29. The maximum absolute atomic E-state index is 4.79. The molecule has 0 spiro atoms.